The first kappa shape index (κ1) is 14.8. The molecule has 1 saturated carbocycles. The molecule has 1 aliphatic carbocycles. The van der Waals surface area contributed by atoms with Crippen molar-refractivity contribution in [2.24, 2.45) is 5.92 Å². The SMILES string of the molecule is CCCc1cc(C(=O)NC(C)C2CCCC2)cc(N)n1. The third-order valence-corrected chi connectivity index (χ3v) is 4.13. The lowest BCUT2D eigenvalue weighted by Gasteiger charge is -2.20. The van der Waals surface area contributed by atoms with E-state index in [9.17, 15) is 4.79 Å². The van der Waals surface area contributed by atoms with E-state index in [4.69, 9.17) is 5.73 Å². The molecule has 0 bridgehead atoms. The lowest BCUT2D eigenvalue weighted by atomic mass is 9.99. The predicted octanol–water partition coefficient (Wildman–Crippen LogP) is 2.92. The van der Waals surface area contributed by atoms with Crippen LogP contribution in [-0.4, -0.2) is 16.9 Å². The molecular weight excluding hydrogens is 250 g/mol. The molecule has 0 saturated heterocycles. The summed E-state index contributed by atoms with van der Waals surface area (Å²) in [5.74, 6) is 1.01. The van der Waals surface area contributed by atoms with Crippen LogP contribution in [0.5, 0.6) is 0 Å². The fourth-order valence-electron chi connectivity index (χ4n) is 2.99. The van der Waals surface area contributed by atoms with Gasteiger partial charge < -0.3 is 11.1 Å². The molecule has 1 heterocycles. The molecule has 110 valence electrons. The van der Waals surface area contributed by atoms with Crippen LogP contribution in [-0.2, 0) is 6.42 Å². The first-order valence-electron chi connectivity index (χ1n) is 7.67. The van der Waals surface area contributed by atoms with Gasteiger partial charge in [-0.2, -0.15) is 0 Å². The number of rotatable bonds is 5. The normalized spacial score (nSPS) is 17.1. The molecule has 4 heteroatoms. The Labute approximate surface area is 121 Å². The maximum Gasteiger partial charge on any atom is 0.251 e. The number of anilines is 1. The van der Waals surface area contributed by atoms with Crippen LogP contribution in [0.2, 0.25) is 0 Å². The Morgan fingerprint density at radius 3 is 2.80 bits per heavy atom. The Balaban J connectivity index is 2.04. The van der Waals surface area contributed by atoms with Crippen LogP contribution in [0.25, 0.3) is 0 Å². The second-order valence-electron chi connectivity index (χ2n) is 5.83. The van der Waals surface area contributed by atoms with Crippen molar-refractivity contribution < 1.29 is 4.79 Å². The smallest absolute Gasteiger partial charge is 0.251 e. The lowest BCUT2D eigenvalue weighted by Crippen LogP contribution is -2.37. The van der Waals surface area contributed by atoms with E-state index in [1.807, 2.05) is 6.07 Å². The zero-order valence-electron chi connectivity index (χ0n) is 12.5. The Hall–Kier alpha value is -1.58. The third-order valence-electron chi connectivity index (χ3n) is 4.13. The number of aromatic nitrogens is 1. The summed E-state index contributed by atoms with van der Waals surface area (Å²) in [6.45, 7) is 4.19. The third kappa shape index (κ3) is 3.71. The van der Waals surface area contributed by atoms with Gasteiger partial charge in [0.15, 0.2) is 0 Å². The summed E-state index contributed by atoms with van der Waals surface area (Å²) in [6.07, 6.45) is 6.86. The second kappa shape index (κ2) is 6.73. The topological polar surface area (TPSA) is 68.0 Å². The highest BCUT2D eigenvalue weighted by atomic mass is 16.1. The molecule has 1 unspecified atom stereocenters. The average Bonchev–Trinajstić information content (AvgIpc) is 2.92. The van der Waals surface area contributed by atoms with Gasteiger partial charge in [-0.15, -0.1) is 0 Å². The first-order chi connectivity index (χ1) is 9.60. The number of nitrogens with zero attached hydrogens (tertiary/aromatic N) is 1. The fraction of sp³-hybridized carbons (Fsp3) is 0.625. The lowest BCUT2D eigenvalue weighted by molar-refractivity contribution is 0.0927. The summed E-state index contributed by atoms with van der Waals surface area (Å²) in [7, 11) is 0. The van der Waals surface area contributed by atoms with E-state index in [1.165, 1.54) is 25.7 Å². The number of hydrogen-bond donors (Lipinski definition) is 2. The van der Waals surface area contributed by atoms with E-state index < -0.39 is 0 Å². The molecule has 1 aromatic rings. The Kier molecular flexibility index (Phi) is 4.99. The summed E-state index contributed by atoms with van der Waals surface area (Å²) < 4.78 is 0. The van der Waals surface area contributed by atoms with E-state index in [-0.39, 0.29) is 11.9 Å². The Morgan fingerprint density at radius 2 is 2.15 bits per heavy atom. The molecule has 1 atom stereocenters. The number of carbonyl (C=O) groups is 1. The number of hydrogen-bond acceptors (Lipinski definition) is 3. The van der Waals surface area contributed by atoms with Gasteiger partial charge in [-0.25, -0.2) is 4.98 Å². The van der Waals surface area contributed by atoms with Crippen LogP contribution in [0.1, 0.15) is 62.0 Å². The zero-order chi connectivity index (χ0) is 14.5. The van der Waals surface area contributed by atoms with Gasteiger partial charge in [-0.3, -0.25) is 4.79 Å². The molecule has 1 aromatic heterocycles. The molecule has 1 aliphatic rings. The van der Waals surface area contributed by atoms with E-state index in [1.54, 1.807) is 6.07 Å². The van der Waals surface area contributed by atoms with Gasteiger partial charge in [-0.1, -0.05) is 26.2 Å². The standard InChI is InChI=1S/C16H25N3O/c1-3-6-14-9-13(10-15(17)19-14)16(20)18-11(2)12-7-4-5-8-12/h9-12H,3-8H2,1-2H3,(H2,17,19)(H,18,20). The van der Waals surface area contributed by atoms with E-state index >= 15 is 0 Å². The van der Waals surface area contributed by atoms with Gasteiger partial charge in [0.25, 0.3) is 5.91 Å². The van der Waals surface area contributed by atoms with Crippen molar-refractivity contribution >= 4 is 11.7 Å². The Bertz CT molecular complexity index is 467. The summed E-state index contributed by atoms with van der Waals surface area (Å²) in [6, 6.07) is 3.75. The minimum atomic E-state index is -0.0316. The molecule has 0 aliphatic heterocycles. The minimum Gasteiger partial charge on any atom is -0.384 e. The maximum absolute atomic E-state index is 12.3. The number of pyridine rings is 1. The maximum atomic E-state index is 12.3. The molecular formula is C16H25N3O. The monoisotopic (exact) mass is 275 g/mol. The molecule has 3 N–H and O–H groups in total. The highest BCUT2D eigenvalue weighted by molar-refractivity contribution is 5.95. The summed E-state index contributed by atoms with van der Waals surface area (Å²) in [5, 5.41) is 3.11. The van der Waals surface area contributed by atoms with Gasteiger partial charge in [0.1, 0.15) is 5.82 Å². The summed E-state index contributed by atoms with van der Waals surface area (Å²) in [4.78, 5) is 16.6. The van der Waals surface area contributed by atoms with Gasteiger partial charge in [0.05, 0.1) is 0 Å². The number of nitrogens with two attached hydrogens (primary N) is 1. The largest absolute Gasteiger partial charge is 0.384 e. The van der Waals surface area contributed by atoms with Crippen LogP contribution < -0.4 is 11.1 Å². The fourth-order valence-corrected chi connectivity index (χ4v) is 2.99. The van der Waals surface area contributed by atoms with Crippen molar-refractivity contribution in [3.8, 4) is 0 Å². The number of aryl methyl sites for hydroxylation is 1. The van der Waals surface area contributed by atoms with E-state index in [2.05, 4.69) is 24.1 Å². The highest BCUT2D eigenvalue weighted by Gasteiger charge is 2.23. The molecule has 20 heavy (non-hydrogen) atoms. The molecule has 1 fully saturated rings. The van der Waals surface area contributed by atoms with Gasteiger partial charge in [0.2, 0.25) is 0 Å². The van der Waals surface area contributed by atoms with Crippen LogP contribution in [0.15, 0.2) is 12.1 Å². The average molecular weight is 275 g/mol. The van der Waals surface area contributed by atoms with Gasteiger partial charge in [0, 0.05) is 17.3 Å². The van der Waals surface area contributed by atoms with Crippen molar-refractivity contribution in [2.75, 3.05) is 5.73 Å². The number of nitrogens with one attached hydrogen (secondary N) is 1. The quantitative estimate of drug-likeness (QED) is 0.868. The van der Waals surface area contributed by atoms with Gasteiger partial charge >= 0.3 is 0 Å². The molecule has 0 radical (unpaired) electrons. The zero-order valence-corrected chi connectivity index (χ0v) is 12.5. The molecule has 1 amide bonds. The van der Waals surface area contributed by atoms with Crippen LogP contribution in [0.4, 0.5) is 5.82 Å². The first-order valence-corrected chi connectivity index (χ1v) is 7.67. The van der Waals surface area contributed by atoms with Gasteiger partial charge in [-0.05, 0) is 44.2 Å². The second-order valence-corrected chi connectivity index (χ2v) is 5.83. The minimum absolute atomic E-state index is 0.0316. The number of carbonyl (C=O) groups excluding carboxylic acids is 1. The number of nitrogen functional groups attached to an aromatic ring is 1. The van der Waals surface area contributed by atoms with Crippen molar-refractivity contribution in [3.05, 3.63) is 23.4 Å². The van der Waals surface area contributed by atoms with Crippen molar-refractivity contribution in [1.29, 1.82) is 0 Å². The summed E-state index contributed by atoms with van der Waals surface area (Å²) in [5.41, 5.74) is 7.31. The van der Waals surface area contributed by atoms with Crippen molar-refractivity contribution in [1.82, 2.24) is 10.3 Å². The van der Waals surface area contributed by atoms with Crippen LogP contribution in [0.3, 0.4) is 0 Å². The van der Waals surface area contributed by atoms with E-state index in [0.717, 1.165) is 18.5 Å². The molecule has 4 nitrogen and oxygen atoms in total. The number of amides is 1. The molecule has 0 aromatic carbocycles. The predicted molar refractivity (Wildman–Crippen MR) is 81.5 cm³/mol. The molecule has 0 spiro atoms. The molecule has 2 rings (SSSR count). The van der Waals surface area contributed by atoms with Crippen LogP contribution >= 0.6 is 0 Å². The van der Waals surface area contributed by atoms with Crippen LogP contribution in [0, 0.1) is 5.92 Å². The Morgan fingerprint density at radius 1 is 1.45 bits per heavy atom. The van der Waals surface area contributed by atoms with Crippen molar-refractivity contribution in [2.45, 2.75) is 58.4 Å². The van der Waals surface area contributed by atoms with E-state index in [0.29, 0.717) is 17.3 Å². The highest BCUT2D eigenvalue weighted by Crippen LogP contribution is 2.27. The van der Waals surface area contributed by atoms with Crippen molar-refractivity contribution in [3.63, 3.8) is 0 Å². The summed E-state index contributed by atoms with van der Waals surface area (Å²) >= 11 is 0.